The monoisotopic (exact) mass is 499 g/mol. The van der Waals surface area contributed by atoms with Crippen molar-refractivity contribution in [3.05, 3.63) is 73.6 Å². The summed E-state index contributed by atoms with van der Waals surface area (Å²) in [5.74, 6) is -0.369. The molecular formula is C25H23F2N3O4S. The number of unbranched alkanes of at least 4 members (excludes halogenated alkanes) is 1. The van der Waals surface area contributed by atoms with Gasteiger partial charge in [0.1, 0.15) is 22.2 Å². The molecule has 1 aromatic heterocycles. The molecule has 0 fully saturated rings. The molecule has 35 heavy (non-hydrogen) atoms. The summed E-state index contributed by atoms with van der Waals surface area (Å²) in [5.41, 5.74) is -0.214. The number of rotatable bonds is 9. The number of hydrogen-bond acceptors (Lipinski definition) is 6. The van der Waals surface area contributed by atoms with Gasteiger partial charge in [0.05, 0.1) is 17.3 Å². The van der Waals surface area contributed by atoms with Crippen LogP contribution in [-0.4, -0.2) is 30.7 Å². The molecule has 0 bridgehead atoms. The summed E-state index contributed by atoms with van der Waals surface area (Å²) in [7, 11) is 1.44. The van der Waals surface area contributed by atoms with Gasteiger partial charge in [-0.2, -0.15) is 14.0 Å². The van der Waals surface area contributed by atoms with Gasteiger partial charge >= 0.3 is 6.61 Å². The summed E-state index contributed by atoms with van der Waals surface area (Å²) in [5, 5.41) is 12.5. The summed E-state index contributed by atoms with van der Waals surface area (Å²) in [6, 6.07) is 14.6. The second-order valence-electron chi connectivity index (χ2n) is 7.24. The molecule has 0 radical (unpaired) electrons. The fraction of sp³-hybridized carbons (Fsp3) is 0.240. The average molecular weight is 500 g/mol. The van der Waals surface area contributed by atoms with Gasteiger partial charge in [-0.1, -0.05) is 43.7 Å². The number of nitrogens with one attached hydrogen (secondary N) is 1. The van der Waals surface area contributed by atoms with E-state index in [0.717, 1.165) is 24.2 Å². The van der Waals surface area contributed by atoms with Crippen LogP contribution in [0.2, 0.25) is 0 Å². The Balaban J connectivity index is 2.34. The van der Waals surface area contributed by atoms with Crippen LogP contribution in [-0.2, 0) is 4.79 Å². The fourth-order valence-electron chi connectivity index (χ4n) is 3.29. The van der Waals surface area contributed by atoms with Crippen molar-refractivity contribution in [2.75, 3.05) is 13.7 Å². The van der Waals surface area contributed by atoms with Gasteiger partial charge in [-0.15, -0.1) is 11.3 Å². The van der Waals surface area contributed by atoms with Crippen molar-refractivity contribution in [2.45, 2.75) is 26.4 Å². The topological polar surface area (TPSA) is 93.4 Å². The molecule has 1 amide bonds. The molecule has 0 aliphatic rings. The molecule has 10 heteroatoms. The summed E-state index contributed by atoms with van der Waals surface area (Å²) < 4.78 is 37.1. The number of carbonyl (C=O) groups is 1. The number of hydrogen-bond donors (Lipinski definition) is 1. The van der Waals surface area contributed by atoms with Crippen molar-refractivity contribution in [2.24, 2.45) is 0 Å². The molecule has 0 spiro atoms. The average Bonchev–Trinajstić information content (AvgIpc) is 3.15. The highest BCUT2D eigenvalue weighted by molar-refractivity contribution is 7.07. The smallest absolute Gasteiger partial charge is 0.387 e. The van der Waals surface area contributed by atoms with E-state index in [-0.39, 0.29) is 26.1 Å². The second kappa shape index (κ2) is 11.9. The highest BCUT2D eigenvalue weighted by Gasteiger charge is 2.19. The number of amides is 1. The van der Waals surface area contributed by atoms with Gasteiger partial charge in [-0.3, -0.25) is 14.2 Å². The van der Waals surface area contributed by atoms with Gasteiger partial charge in [-0.25, -0.2) is 0 Å². The predicted molar refractivity (Wildman–Crippen MR) is 129 cm³/mol. The third-order valence-corrected chi connectivity index (χ3v) is 6.03. The van der Waals surface area contributed by atoms with Gasteiger partial charge < -0.3 is 14.8 Å². The van der Waals surface area contributed by atoms with Crippen LogP contribution in [0.15, 0.2) is 53.3 Å². The number of aromatic nitrogens is 1. The normalized spacial score (nSPS) is 12.3. The van der Waals surface area contributed by atoms with E-state index in [1.807, 2.05) is 13.0 Å². The molecule has 0 aliphatic heterocycles. The number of para-hydroxylation sites is 3. The van der Waals surface area contributed by atoms with Crippen LogP contribution < -0.4 is 29.5 Å². The summed E-state index contributed by atoms with van der Waals surface area (Å²) in [4.78, 5) is 26.4. The maximum atomic E-state index is 13.5. The van der Waals surface area contributed by atoms with E-state index in [2.05, 4.69) is 10.1 Å². The lowest BCUT2D eigenvalue weighted by Crippen LogP contribution is -2.34. The van der Waals surface area contributed by atoms with E-state index in [1.165, 1.54) is 36.0 Å². The van der Waals surface area contributed by atoms with Gasteiger partial charge in [0, 0.05) is 12.1 Å². The maximum absolute atomic E-state index is 13.5. The largest absolute Gasteiger partial charge is 0.495 e. The molecule has 7 nitrogen and oxygen atoms in total. The number of thiazole rings is 1. The van der Waals surface area contributed by atoms with E-state index in [4.69, 9.17) is 4.74 Å². The third kappa shape index (κ3) is 5.94. The molecule has 2 aromatic carbocycles. The molecule has 0 unspecified atom stereocenters. The third-order valence-electron chi connectivity index (χ3n) is 4.94. The van der Waals surface area contributed by atoms with E-state index >= 15 is 0 Å². The number of benzene rings is 2. The Labute approximate surface area is 204 Å². The summed E-state index contributed by atoms with van der Waals surface area (Å²) in [6.07, 6.45) is 2.98. The second-order valence-corrected chi connectivity index (χ2v) is 8.27. The van der Waals surface area contributed by atoms with E-state index in [1.54, 1.807) is 30.3 Å². The molecule has 3 rings (SSSR count). The lowest BCUT2D eigenvalue weighted by atomic mass is 10.2. The van der Waals surface area contributed by atoms with Crippen LogP contribution in [0.1, 0.15) is 25.3 Å². The van der Waals surface area contributed by atoms with Gasteiger partial charge in [0.15, 0.2) is 5.57 Å². The number of halogens is 2. The minimum Gasteiger partial charge on any atom is -0.495 e. The molecule has 3 aromatic rings. The number of methoxy groups -OCH3 is 1. The van der Waals surface area contributed by atoms with Gasteiger partial charge in [0.25, 0.3) is 11.5 Å². The zero-order valence-electron chi connectivity index (χ0n) is 19.1. The highest BCUT2D eigenvalue weighted by atomic mass is 32.1. The van der Waals surface area contributed by atoms with Crippen molar-refractivity contribution in [1.29, 1.82) is 5.26 Å². The Morgan fingerprint density at radius 3 is 2.54 bits per heavy atom. The van der Waals surface area contributed by atoms with Crippen LogP contribution in [0, 0.1) is 11.3 Å². The molecule has 1 heterocycles. The Hall–Kier alpha value is -3.97. The molecule has 0 saturated heterocycles. The first kappa shape index (κ1) is 25.6. The number of nitriles is 1. The lowest BCUT2D eigenvalue weighted by molar-refractivity contribution is -0.115. The Morgan fingerprint density at radius 2 is 1.89 bits per heavy atom. The predicted octanol–water partition coefficient (Wildman–Crippen LogP) is 2.93. The number of alkyl halides is 2. The van der Waals surface area contributed by atoms with Crippen LogP contribution in [0.3, 0.4) is 0 Å². The SMILES string of the molecule is CCCCNC(=O)/C(C#N)=c1\s/c(=C\c2ccccc2OC(F)F)c(=O)n1-c1ccccc1OC. The Bertz CT molecular complexity index is 1420. The van der Waals surface area contributed by atoms with Crippen molar-refractivity contribution < 1.29 is 23.0 Å². The standard InChI is InChI=1S/C25H23F2N3O4S/c1-3-4-13-29-22(31)17(15-28)24-30(18-10-6-8-12-20(18)33-2)23(32)21(35-24)14-16-9-5-7-11-19(16)34-25(26)27/h5-12,14,25H,3-4,13H2,1-2H3,(H,29,31)/b21-14-,24-17-. The zero-order chi connectivity index (χ0) is 25.4. The van der Waals surface area contributed by atoms with Crippen molar-refractivity contribution in [3.8, 4) is 23.3 Å². The van der Waals surface area contributed by atoms with Gasteiger partial charge in [-0.05, 0) is 30.7 Å². The fourth-order valence-corrected chi connectivity index (χ4v) is 4.38. The number of ether oxygens (including phenoxy) is 2. The molecule has 1 N–H and O–H groups in total. The first-order chi connectivity index (χ1) is 16.9. The van der Waals surface area contributed by atoms with Crippen LogP contribution in [0.25, 0.3) is 17.3 Å². The molecule has 182 valence electrons. The van der Waals surface area contributed by atoms with Crippen LogP contribution in [0.4, 0.5) is 8.78 Å². The summed E-state index contributed by atoms with van der Waals surface area (Å²) >= 11 is 0.899. The van der Waals surface area contributed by atoms with E-state index < -0.39 is 18.1 Å². The summed E-state index contributed by atoms with van der Waals surface area (Å²) in [6.45, 7) is -0.696. The van der Waals surface area contributed by atoms with E-state index in [0.29, 0.717) is 18.0 Å². The Kier molecular flexibility index (Phi) is 8.75. The van der Waals surface area contributed by atoms with Crippen molar-refractivity contribution in [3.63, 3.8) is 0 Å². The highest BCUT2D eigenvalue weighted by Crippen LogP contribution is 2.22. The molecule has 0 saturated carbocycles. The first-order valence-corrected chi connectivity index (χ1v) is 11.6. The molecule has 0 aliphatic carbocycles. The lowest BCUT2D eigenvalue weighted by Gasteiger charge is -2.09. The van der Waals surface area contributed by atoms with Crippen molar-refractivity contribution in [1.82, 2.24) is 9.88 Å². The molecular weight excluding hydrogens is 476 g/mol. The minimum atomic E-state index is -3.04. The maximum Gasteiger partial charge on any atom is 0.387 e. The minimum absolute atomic E-state index is 0.0921. The molecule has 0 atom stereocenters. The van der Waals surface area contributed by atoms with Crippen LogP contribution in [0.5, 0.6) is 11.5 Å². The van der Waals surface area contributed by atoms with Gasteiger partial charge in [0.2, 0.25) is 0 Å². The quantitative estimate of drug-likeness (QED) is 0.457. The van der Waals surface area contributed by atoms with Crippen LogP contribution >= 0.6 is 11.3 Å². The first-order valence-electron chi connectivity index (χ1n) is 10.7. The number of carbonyl (C=O) groups excluding carboxylic acids is 1. The zero-order valence-corrected chi connectivity index (χ0v) is 19.9. The van der Waals surface area contributed by atoms with E-state index in [9.17, 15) is 23.6 Å². The number of nitrogens with zero attached hydrogens (tertiary/aromatic N) is 2. The van der Waals surface area contributed by atoms with Crippen molar-refractivity contribution >= 4 is 28.9 Å². The Morgan fingerprint density at radius 1 is 1.20 bits per heavy atom.